The second kappa shape index (κ2) is 7.42. The normalized spacial score (nSPS) is 20.6. The first kappa shape index (κ1) is 16.5. The molecule has 1 atom stereocenters. The molecular formula is C19H32N2. The summed E-state index contributed by atoms with van der Waals surface area (Å²) in [6.45, 7) is 5.82. The molecule has 1 aromatic carbocycles. The van der Waals surface area contributed by atoms with Crippen LogP contribution >= 0.6 is 0 Å². The highest BCUT2D eigenvalue weighted by Gasteiger charge is 2.29. The topological polar surface area (TPSA) is 29.3 Å². The summed E-state index contributed by atoms with van der Waals surface area (Å²) in [7, 11) is 2.26. The van der Waals surface area contributed by atoms with E-state index < -0.39 is 0 Å². The molecule has 118 valence electrons. The molecule has 1 unspecified atom stereocenters. The molecule has 1 aliphatic rings. The van der Waals surface area contributed by atoms with E-state index in [1.54, 1.807) is 0 Å². The van der Waals surface area contributed by atoms with E-state index in [0.717, 1.165) is 25.4 Å². The van der Waals surface area contributed by atoms with Gasteiger partial charge in [-0.25, -0.2) is 0 Å². The van der Waals surface area contributed by atoms with Crippen LogP contribution in [0, 0.1) is 5.41 Å². The summed E-state index contributed by atoms with van der Waals surface area (Å²) in [5.74, 6) is 0. The average molecular weight is 288 g/mol. The molecule has 0 bridgehead atoms. The number of nitrogens with zero attached hydrogens (tertiary/aromatic N) is 1. The largest absolute Gasteiger partial charge is 0.327 e. The molecule has 0 radical (unpaired) electrons. The van der Waals surface area contributed by atoms with E-state index in [9.17, 15) is 0 Å². The quantitative estimate of drug-likeness (QED) is 0.861. The first-order valence-corrected chi connectivity index (χ1v) is 8.46. The van der Waals surface area contributed by atoms with Gasteiger partial charge in [-0.05, 0) is 56.6 Å². The summed E-state index contributed by atoms with van der Waals surface area (Å²) < 4.78 is 0. The monoisotopic (exact) mass is 288 g/mol. The Balaban J connectivity index is 1.71. The van der Waals surface area contributed by atoms with Crippen LogP contribution < -0.4 is 5.73 Å². The molecule has 2 N–H and O–H groups in total. The van der Waals surface area contributed by atoms with Crippen LogP contribution in [0.2, 0.25) is 0 Å². The standard InChI is InChI=1S/C19H32N2/c1-19(2)13-11-18(12-14-19)21(3)15-17(20)10-9-16-7-5-4-6-8-16/h4-8,17-18H,9-15,20H2,1-3H3. The lowest BCUT2D eigenvalue weighted by molar-refractivity contribution is 0.122. The van der Waals surface area contributed by atoms with E-state index in [4.69, 9.17) is 5.73 Å². The van der Waals surface area contributed by atoms with Crippen molar-refractivity contribution in [2.45, 2.75) is 64.5 Å². The van der Waals surface area contributed by atoms with Gasteiger partial charge in [-0.15, -0.1) is 0 Å². The highest BCUT2D eigenvalue weighted by molar-refractivity contribution is 5.14. The van der Waals surface area contributed by atoms with Gasteiger partial charge in [0.25, 0.3) is 0 Å². The van der Waals surface area contributed by atoms with Gasteiger partial charge in [0, 0.05) is 18.6 Å². The van der Waals surface area contributed by atoms with Crippen LogP contribution in [0.5, 0.6) is 0 Å². The third-order valence-electron chi connectivity index (χ3n) is 5.10. The van der Waals surface area contributed by atoms with Gasteiger partial charge in [0.2, 0.25) is 0 Å². The molecule has 0 aliphatic heterocycles. The number of aryl methyl sites for hydroxylation is 1. The van der Waals surface area contributed by atoms with Gasteiger partial charge < -0.3 is 10.6 Å². The molecule has 1 fully saturated rings. The van der Waals surface area contributed by atoms with Gasteiger partial charge in [0.15, 0.2) is 0 Å². The molecule has 2 nitrogen and oxygen atoms in total. The maximum atomic E-state index is 6.34. The summed E-state index contributed by atoms with van der Waals surface area (Å²) in [6.07, 6.45) is 7.52. The maximum Gasteiger partial charge on any atom is 0.0170 e. The van der Waals surface area contributed by atoms with Crippen molar-refractivity contribution < 1.29 is 0 Å². The van der Waals surface area contributed by atoms with Crippen LogP contribution in [0.25, 0.3) is 0 Å². The van der Waals surface area contributed by atoms with Crippen molar-refractivity contribution in [2.24, 2.45) is 11.1 Å². The molecular weight excluding hydrogens is 256 g/mol. The van der Waals surface area contributed by atoms with E-state index in [1.807, 2.05) is 0 Å². The van der Waals surface area contributed by atoms with Crippen LogP contribution in [-0.4, -0.2) is 30.6 Å². The van der Waals surface area contributed by atoms with Crippen molar-refractivity contribution in [3.8, 4) is 0 Å². The second-order valence-electron chi connectivity index (χ2n) is 7.62. The average Bonchev–Trinajstić information content (AvgIpc) is 2.46. The molecule has 0 amide bonds. The zero-order chi connectivity index (χ0) is 15.3. The molecule has 0 heterocycles. The van der Waals surface area contributed by atoms with Crippen LogP contribution in [0.15, 0.2) is 30.3 Å². The van der Waals surface area contributed by atoms with Gasteiger partial charge in [-0.1, -0.05) is 44.2 Å². The van der Waals surface area contributed by atoms with Gasteiger partial charge in [-0.3, -0.25) is 0 Å². The number of benzene rings is 1. The summed E-state index contributed by atoms with van der Waals surface area (Å²) in [4.78, 5) is 2.50. The lowest BCUT2D eigenvalue weighted by Gasteiger charge is -2.39. The third kappa shape index (κ3) is 5.44. The predicted octanol–water partition coefficient (Wildman–Crippen LogP) is 3.85. The Labute approximate surface area is 130 Å². The fourth-order valence-corrected chi connectivity index (χ4v) is 3.43. The summed E-state index contributed by atoms with van der Waals surface area (Å²) in [6, 6.07) is 11.7. The Hall–Kier alpha value is -0.860. The van der Waals surface area contributed by atoms with Gasteiger partial charge in [0.05, 0.1) is 0 Å². The third-order valence-corrected chi connectivity index (χ3v) is 5.10. The first-order chi connectivity index (χ1) is 9.96. The minimum atomic E-state index is 0.283. The SMILES string of the molecule is CN(CC(N)CCc1ccccc1)C1CCC(C)(C)CC1. The molecule has 1 aliphatic carbocycles. The fourth-order valence-electron chi connectivity index (χ4n) is 3.43. The van der Waals surface area contributed by atoms with Crippen LogP contribution in [0.4, 0.5) is 0 Å². The molecule has 0 spiro atoms. The van der Waals surface area contributed by atoms with Crippen molar-refractivity contribution in [2.75, 3.05) is 13.6 Å². The minimum Gasteiger partial charge on any atom is -0.327 e. The van der Waals surface area contributed by atoms with Crippen LogP contribution in [0.1, 0.15) is 51.5 Å². The lowest BCUT2D eigenvalue weighted by atomic mass is 9.75. The lowest BCUT2D eigenvalue weighted by Crippen LogP contribution is -2.43. The molecule has 21 heavy (non-hydrogen) atoms. The summed E-state index contributed by atoms with van der Waals surface area (Å²) >= 11 is 0. The zero-order valence-electron chi connectivity index (χ0n) is 14.0. The van der Waals surface area contributed by atoms with E-state index >= 15 is 0 Å². The molecule has 1 aromatic rings. The predicted molar refractivity (Wildman–Crippen MR) is 91.4 cm³/mol. The summed E-state index contributed by atoms with van der Waals surface area (Å²) in [5.41, 5.74) is 8.29. The number of hydrogen-bond donors (Lipinski definition) is 1. The van der Waals surface area contributed by atoms with E-state index in [2.05, 4.69) is 56.1 Å². The van der Waals surface area contributed by atoms with Gasteiger partial charge in [0.1, 0.15) is 0 Å². The Morgan fingerprint density at radius 3 is 2.43 bits per heavy atom. The Bertz CT molecular complexity index is 403. The zero-order valence-corrected chi connectivity index (χ0v) is 14.0. The summed E-state index contributed by atoms with van der Waals surface area (Å²) in [5, 5.41) is 0. The Morgan fingerprint density at radius 1 is 1.19 bits per heavy atom. The highest BCUT2D eigenvalue weighted by Crippen LogP contribution is 2.36. The molecule has 0 aromatic heterocycles. The first-order valence-electron chi connectivity index (χ1n) is 8.46. The smallest absolute Gasteiger partial charge is 0.0170 e. The number of nitrogens with two attached hydrogens (primary N) is 1. The Kier molecular flexibility index (Phi) is 5.83. The van der Waals surface area contributed by atoms with Crippen LogP contribution in [0.3, 0.4) is 0 Å². The van der Waals surface area contributed by atoms with Crippen molar-refractivity contribution in [1.29, 1.82) is 0 Å². The van der Waals surface area contributed by atoms with Crippen molar-refractivity contribution >= 4 is 0 Å². The fraction of sp³-hybridized carbons (Fsp3) is 0.684. The van der Waals surface area contributed by atoms with Crippen LogP contribution in [-0.2, 0) is 6.42 Å². The molecule has 0 saturated heterocycles. The number of hydrogen-bond acceptors (Lipinski definition) is 2. The van der Waals surface area contributed by atoms with E-state index in [1.165, 1.54) is 31.2 Å². The van der Waals surface area contributed by atoms with Crippen molar-refractivity contribution in [3.05, 3.63) is 35.9 Å². The number of rotatable bonds is 6. The Morgan fingerprint density at radius 2 is 1.81 bits per heavy atom. The van der Waals surface area contributed by atoms with Gasteiger partial charge in [-0.2, -0.15) is 0 Å². The highest BCUT2D eigenvalue weighted by atomic mass is 15.1. The van der Waals surface area contributed by atoms with Crippen molar-refractivity contribution in [1.82, 2.24) is 4.90 Å². The molecule has 2 rings (SSSR count). The van der Waals surface area contributed by atoms with Crippen molar-refractivity contribution in [3.63, 3.8) is 0 Å². The maximum absolute atomic E-state index is 6.34. The minimum absolute atomic E-state index is 0.283. The van der Waals surface area contributed by atoms with E-state index in [0.29, 0.717) is 5.41 Å². The second-order valence-corrected chi connectivity index (χ2v) is 7.62. The molecule has 1 saturated carbocycles. The van der Waals surface area contributed by atoms with Gasteiger partial charge >= 0.3 is 0 Å². The van der Waals surface area contributed by atoms with E-state index in [-0.39, 0.29) is 6.04 Å². The molecule has 2 heteroatoms. The number of likely N-dealkylation sites (N-methyl/N-ethyl adjacent to an activating group) is 1.